The molecule has 0 saturated heterocycles. The van der Waals surface area contributed by atoms with Gasteiger partial charge in [0.2, 0.25) is 10.0 Å². The number of amides is 1. The van der Waals surface area contributed by atoms with Crippen LogP contribution in [0.25, 0.3) is 0 Å². The summed E-state index contributed by atoms with van der Waals surface area (Å²) in [6, 6.07) is 7.61. The molecule has 0 aliphatic heterocycles. The number of nitrogens with one attached hydrogen (secondary N) is 1. The Kier molecular flexibility index (Phi) is 7.20. The van der Waals surface area contributed by atoms with E-state index in [1.54, 1.807) is 6.92 Å². The summed E-state index contributed by atoms with van der Waals surface area (Å²) in [5, 5.41) is 13.8. The lowest BCUT2D eigenvalue weighted by atomic mass is 10.3. The van der Waals surface area contributed by atoms with Crippen molar-refractivity contribution in [2.45, 2.75) is 16.7 Å². The number of nitrogens with zero attached hydrogens (tertiary/aromatic N) is 2. The highest BCUT2D eigenvalue weighted by Gasteiger charge is 2.31. The van der Waals surface area contributed by atoms with Gasteiger partial charge in [-0.25, -0.2) is 17.5 Å². The molecule has 31 heavy (non-hydrogen) atoms. The Labute approximate surface area is 178 Å². The molecule has 0 aliphatic rings. The molecule has 0 heterocycles. The Bertz CT molecular complexity index is 1210. The highest BCUT2D eigenvalue weighted by atomic mass is 32.2. The number of benzene rings is 2. The molecule has 0 bridgehead atoms. The molecule has 2 aromatic carbocycles. The number of sulfonamides is 1. The summed E-state index contributed by atoms with van der Waals surface area (Å²) in [4.78, 5) is 20.6. The van der Waals surface area contributed by atoms with E-state index in [1.807, 2.05) is 0 Å². The van der Waals surface area contributed by atoms with Gasteiger partial charge in [0.15, 0.2) is 4.90 Å². The average Bonchev–Trinajstić information content (AvgIpc) is 2.67. The van der Waals surface area contributed by atoms with Crippen molar-refractivity contribution in [1.29, 1.82) is 0 Å². The first-order valence-electron chi connectivity index (χ1n) is 8.57. The summed E-state index contributed by atoms with van der Waals surface area (Å²) in [7, 11) is -6.30. The van der Waals surface area contributed by atoms with E-state index < -0.39 is 46.6 Å². The predicted octanol–water partition coefficient (Wildman–Crippen LogP) is 2.18. The molecule has 12 nitrogen and oxygen atoms in total. The highest BCUT2D eigenvalue weighted by molar-refractivity contribution is 7.89. The summed E-state index contributed by atoms with van der Waals surface area (Å²) >= 11 is 0. The third-order valence-corrected chi connectivity index (χ3v) is 6.84. The first kappa shape index (κ1) is 24.0. The fourth-order valence-corrected chi connectivity index (χ4v) is 4.30. The van der Waals surface area contributed by atoms with E-state index in [9.17, 15) is 31.7 Å². The van der Waals surface area contributed by atoms with Gasteiger partial charge < -0.3 is 8.92 Å². The summed E-state index contributed by atoms with van der Waals surface area (Å²) in [5.74, 6) is -0.242. The Morgan fingerprint density at radius 2 is 1.81 bits per heavy atom. The number of hydrogen-bond donors (Lipinski definition) is 1. The van der Waals surface area contributed by atoms with Gasteiger partial charge in [0.25, 0.3) is 5.69 Å². The number of ether oxygens (including phenoxy) is 1. The molecule has 0 radical (unpaired) electrons. The fourth-order valence-electron chi connectivity index (χ4n) is 2.30. The second-order valence-corrected chi connectivity index (χ2v) is 9.75. The maximum absolute atomic E-state index is 12.7. The molecule has 14 heteroatoms. The Balaban J connectivity index is 2.42. The van der Waals surface area contributed by atoms with Gasteiger partial charge in [-0.2, -0.15) is 8.42 Å². The van der Waals surface area contributed by atoms with E-state index in [1.165, 1.54) is 38.4 Å². The molecule has 0 aliphatic carbocycles. The zero-order valence-electron chi connectivity index (χ0n) is 16.6. The van der Waals surface area contributed by atoms with E-state index in [0.29, 0.717) is 6.07 Å². The van der Waals surface area contributed by atoms with Crippen molar-refractivity contribution in [2.24, 2.45) is 0 Å². The van der Waals surface area contributed by atoms with Crippen LogP contribution in [0.3, 0.4) is 0 Å². The predicted molar refractivity (Wildman–Crippen MR) is 109 cm³/mol. The van der Waals surface area contributed by atoms with Crippen molar-refractivity contribution >= 4 is 37.6 Å². The van der Waals surface area contributed by atoms with E-state index >= 15 is 0 Å². The van der Waals surface area contributed by atoms with Crippen LogP contribution in [0.2, 0.25) is 0 Å². The van der Waals surface area contributed by atoms with Crippen LogP contribution in [0.1, 0.15) is 6.92 Å². The lowest BCUT2D eigenvalue weighted by molar-refractivity contribution is -0.388. The minimum atomic E-state index is -4.72. The zero-order chi connectivity index (χ0) is 23.4. The van der Waals surface area contributed by atoms with Crippen LogP contribution in [-0.4, -0.2) is 52.9 Å². The van der Waals surface area contributed by atoms with Gasteiger partial charge in [0.1, 0.15) is 5.75 Å². The monoisotopic (exact) mass is 473 g/mol. The van der Waals surface area contributed by atoms with Crippen LogP contribution < -0.4 is 9.50 Å². The zero-order valence-corrected chi connectivity index (χ0v) is 18.3. The number of carbonyl (C=O) groups is 1. The fraction of sp³-hybridized carbons (Fsp3) is 0.235. The summed E-state index contributed by atoms with van der Waals surface area (Å²) in [5.41, 5.74) is -0.809. The van der Waals surface area contributed by atoms with E-state index in [4.69, 9.17) is 8.92 Å². The summed E-state index contributed by atoms with van der Waals surface area (Å²) in [6.07, 6.45) is -0.768. The van der Waals surface area contributed by atoms with Gasteiger partial charge in [0.05, 0.1) is 16.4 Å². The second-order valence-electron chi connectivity index (χ2n) is 6.08. The van der Waals surface area contributed by atoms with E-state index in [2.05, 4.69) is 5.32 Å². The molecule has 2 aromatic rings. The molecule has 1 amide bonds. The number of anilines is 1. The average molecular weight is 473 g/mol. The lowest BCUT2D eigenvalue weighted by Gasteiger charge is -2.13. The molecule has 0 fully saturated rings. The smallest absolute Gasteiger partial charge is 0.411 e. The van der Waals surface area contributed by atoms with Crippen LogP contribution >= 0.6 is 0 Å². The van der Waals surface area contributed by atoms with Crippen LogP contribution in [0, 0.1) is 10.1 Å². The van der Waals surface area contributed by atoms with Gasteiger partial charge in [0, 0.05) is 31.9 Å². The second kappa shape index (κ2) is 9.28. The largest absolute Gasteiger partial charge is 0.450 e. The van der Waals surface area contributed by atoms with Crippen molar-refractivity contribution in [2.75, 3.05) is 26.0 Å². The number of rotatable bonds is 8. The van der Waals surface area contributed by atoms with E-state index in [-0.39, 0.29) is 18.0 Å². The molecule has 0 atom stereocenters. The molecule has 0 aromatic heterocycles. The Morgan fingerprint density at radius 1 is 1.13 bits per heavy atom. The number of nitro benzene ring substituents is 1. The third kappa shape index (κ3) is 5.68. The molecular weight excluding hydrogens is 454 g/mol. The van der Waals surface area contributed by atoms with Crippen LogP contribution in [0.15, 0.2) is 52.3 Å². The van der Waals surface area contributed by atoms with Crippen LogP contribution in [-0.2, 0) is 24.9 Å². The number of nitro groups is 1. The van der Waals surface area contributed by atoms with E-state index in [0.717, 1.165) is 16.4 Å². The third-order valence-electron chi connectivity index (χ3n) is 3.74. The van der Waals surface area contributed by atoms with Gasteiger partial charge in [-0.05, 0) is 31.2 Å². The number of carbonyl (C=O) groups excluding carboxylic acids is 1. The normalized spacial score (nSPS) is 11.7. The van der Waals surface area contributed by atoms with Gasteiger partial charge in [-0.15, -0.1) is 0 Å². The summed E-state index contributed by atoms with van der Waals surface area (Å²) < 4.78 is 60.2. The Hall–Kier alpha value is -3.23. The first-order chi connectivity index (χ1) is 14.4. The quantitative estimate of drug-likeness (QED) is 0.344. The minimum absolute atomic E-state index is 0.125. The van der Waals surface area contributed by atoms with Crippen LogP contribution in [0.4, 0.5) is 16.2 Å². The molecule has 0 unspecified atom stereocenters. The molecule has 0 saturated carbocycles. The van der Waals surface area contributed by atoms with Crippen molar-refractivity contribution in [3.63, 3.8) is 0 Å². The summed E-state index contributed by atoms with van der Waals surface area (Å²) in [6.45, 7) is 1.73. The first-order valence-corrected chi connectivity index (χ1v) is 11.4. The maximum atomic E-state index is 12.7. The maximum Gasteiger partial charge on any atom is 0.411 e. The topological polar surface area (TPSA) is 162 Å². The van der Waals surface area contributed by atoms with Crippen molar-refractivity contribution in [1.82, 2.24) is 4.31 Å². The highest BCUT2D eigenvalue weighted by Crippen LogP contribution is 2.30. The van der Waals surface area contributed by atoms with Gasteiger partial charge >= 0.3 is 16.2 Å². The molecular formula is C17H19N3O9S2. The minimum Gasteiger partial charge on any atom is -0.450 e. The molecule has 0 spiro atoms. The van der Waals surface area contributed by atoms with Crippen molar-refractivity contribution < 1.29 is 35.5 Å². The molecule has 168 valence electrons. The van der Waals surface area contributed by atoms with Crippen molar-refractivity contribution in [3.05, 3.63) is 52.6 Å². The Morgan fingerprint density at radius 3 is 2.39 bits per heavy atom. The van der Waals surface area contributed by atoms with Crippen LogP contribution in [0.5, 0.6) is 5.75 Å². The molecule has 2 rings (SSSR count). The SMILES string of the molecule is CCOC(=O)Nc1cccc(OS(=O)(=O)c2ccc(S(=O)(=O)N(C)C)cc2[N+](=O)[O-])c1. The molecule has 1 N–H and O–H groups in total. The van der Waals surface area contributed by atoms with Gasteiger partial charge in [-0.1, -0.05) is 6.07 Å². The van der Waals surface area contributed by atoms with Gasteiger partial charge in [-0.3, -0.25) is 15.4 Å². The standard InChI is InChI=1S/C17H19N3O9S2/c1-4-28-17(21)18-12-6-5-7-13(10-12)29-31(26,27)16-9-8-14(11-15(16)20(22)23)30(24,25)19(2)3/h5-11H,4H2,1-3H3,(H,18,21). The lowest BCUT2D eigenvalue weighted by Crippen LogP contribution is -2.22. The number of hydrogen-bond acceptors (Lipinski definition) is 9. The van der Waals surface area contributed by atoms with Crippen molar-refractivity contribution in [3.8, 4) is 5.75 Å².